The summed E-state index contributed by atoms with van der Waals surface area (Å²) in [6.07, 6.45) is 7.89. The molecular formula is C36H46ClN3O7. The molecular weight excluding hydrogens is 622 g/mol. The standard InChI is InChI=1S/C36H46ClN3O7/c1-23(2)19-29(40-35(45)36(22-38)17-18-36)34(44)47-30(24(3)13-14-25-9-6-5-7-10-25)11-8-12-32(41)39-28(33(42)43)21-26-15-16-31(46-4)27(37)20-26/h5-10,12-16,20,23-24,28-30H,11,17-19,21-22,38H2,1-4H3,(H,39,41)(H,40,45)(H,42,43)/t24-,28-,29+,30+/m1/s1. The van der Waals surface area contributed by atoms with Crippen molar-refractivity contribution in [3.63, 3.8) is 0 Å². The van der Waals surface area contributed by atoms with Gasteiger partial charge in [-0.25, -0.2) is 9.59 Å². The molecule has 1 fully saturated rings. The smallest absolute Gasteiger partial charge is 0.328 e. The summed E-state index contributed by atoms with van der Waals surface area (Å²) in [5, 5.41) is 15.5. The van der Waals surface area contributed by atoms with Crippen molar-refractivity contribution in [2.45, 2.75) is 71.1 Å². The highest BCUT2D eigenvalue weighted by molar-refractivity contribution is 6.32. The number of aliphatic carboxylic acids is 1. The number of carboxylic acids is 1. The third-order valence-electron chi connectivity index (χ3n) is 8.18. The molecule has 254 valence electrons. The molecule has 3 rings (SSSR count). The molecule has 5 N–H and O–H groups in total. The van der Waals surface area contributed by atoms with E-state index in [2.05, 4.69) is 10.6 Å². The van der Waals surface area contributed by atoms with Crippen LogP contribution in [0.25, 0.3) is 6.08 Å². The number of methoxy groups -OCH3 is 1. The fourth-order valence-electron chi connectivity index (χ4n) is 5.03. The number of rotatable bonds is 18. The van der Waals surface area contributed by atoms with E-state index in [0.717, 1.165) is 5.56 Å². The molecule has 11 heteroatoms. The predicted molar refractivity (Wildman–Crippen MR) is 182 cm³/mol. The van der Waals surface area contributed by atoms with Gasteiger partial charge in [0.25, 0.3) is 0 Å². The number of carboxylic acid groups (broad SMARTS) is 1. The van der Waals surface area contributed by atoms with E-state index in [1.807, 2.05) is 63.3 Å². The average Bonchev–Trinajstić information content (AvgIpc) is 3.84. The normalized spacial score (nSPS) is 16.3. The van der Waals surface area contributed by atoms with Crippen molar-refractivity contribution in [2.24, 2.45) is 23.0 Å². The summed E-state index contributed by atoms with van der Waals surface area (Å²) < 4.78 is 11.1. The topological polar surface area (TPSA) is 157 Å². The molecule has 0 aromatic heterocycles. The molecule has 2 aromatic carbocycles. The van der Waals surface area contributed by atoms with Gasteiger partial charge >= 0.3 is 11.9 Å². The molecule has 10 nitrogen and oxygen atoms in total. The Morgan fingerprint density at radius 2 is 1.74 bits per heavy atom. The fraction of sp³-hybridized carbons (Fsp3) is 0.444. The van der Waals surface area contributed by atoms with Crippen LogP contribution < -0.4 is 21.1 Å². The van der Waals surface area contributed by atoms with E-state index in [9.17, 15) is 24.3 Å². The minimum Gasteiger partial charge on any atom is -0.495 e. The van der Waals surface area contributed by atoms with Crippen LogP contribution in [0.5, 0.6) is 5.75 Å². The van der Waals surface area contributed by atoms with Gasteiger partial charge in [-0.3, -0.25) is 9.59 Å². The lowest BCUT2D eigenvalue weighted by atomic mass is 9.98. The van der Waals surface area contributed by atoms with Gasteiger partial charge in [0.15, 0.2) is 0 Å². The van der Waals surface area contributed by atoms with Crippen molar-refractivity contribution >= 4 is 41.4 Å². The summed E-state index contributed by atoms with van der Waals surface area (Å²) in [7, 11) is 1.48. The monoisotopic (exact) mass is 667 g/mol. The molecule has 2 aromatic rings. The van der Waals surface area contributed by atoms with Gasteiger partial charge in [0.2, 0.25) is 11.8 Å². The molecule has 0 heterocycles. The first-order valence-corrected chi connectivity index (χ1v) is 16.2. The van der Waals surface area contributed by atoms with Crippen LogP contribution in [-0.2, 0) is 30.3 Å². The molecule has 47 heavy (non-hydrogen) atoms. The van der Waals surface area contributed by atoms with Gasteiger partial charge in [-0.05, 0) is 54.5 Å². The zero-order valence-corrected chi connectivity index (χ0v) is 28.2. The quantitative estimate of drug-likeness (QED) is 0.129. The number of carbonyl (C=O) groups excluding carboxylic acids is 3. The Labute approximate surface area is 281 Å². The number of hydrogen-bond donors (Lipinski definition) is 4. The molecule has 1 saturated carbocycles. The van der Waals surface area contributed by atoms with Gasteiger partial charge in [-0.2, -0.15) is 0 Å². The highest BCUT2D eigenvalue weighted by atomic mass is 35.5. The van der Waals surface area contributed by atoms with Gasteiger partial charge in [-0.1, -0.05) is 87.0 Å². The van der Waals surface area contributed by atoms with E-state index in [0.29, 0.717) is 35.6 Å². The summed E-state index contributed by atoms with van der Waals surface area (Å²) >= 11 is 6.18. The van der Waals surface area contributed by atoms with Crippen molar-refractivity contribution in [1.29, 1.82) is 0 Å². The minimum absolute atomic E-state index is 0.00851. The van der Waals surface area contributed by atoms with E-state index in [4.69, 9.17) is 26.8 Å². The van der Waals surface area contributed by atoms with Crippen LogP contribution in [0.2, 0.25) is 5.02 Å². The molecule has 0 radical (unpaired) electrons. The Kier molecular flexibility index (Phi) is 14.0. The van der Waals surface area contributed by atoms with Crippen molar-refractivity contribution in [1.82, 2.24) is 10.6 Å². The van der Waals surface area contributed by atoms with Crippen LogP contribution in [0.4, 0.5) is 0 Å². The van der Waals surface area contributed by atoms with Crippen molar-refractivity contribution < 1.29 is 33.8 Å². The Hall–Kier alpha value is -4.15. The van der Waals surface area contributed by atoms with Crippen molar-refractivity contribution in [3.05, 3.63) is 82.9 Å². The minimum atomic E-state index is -1.21. The zero-order valence-electron chi connectivity index (χ0n) is 27.4. The first-order chi connectivity index (χ1) is 22.4. The molecule has 4 atom stereocenters. The largest absolute Gasteiger partial charge is 0.495 e. The molecule has 0 bridgehead atoms. The second-order valence-electron chi connectivity index (χ2n) is 12.5. The third kappa shape index (κ3) is 11.6. The zero-order chi connectivity index (χ0) is 34.6. The van der Waals surface area contributed by atoms with Gasteiger partial charge in [0.1, 0.15) is 23.9 Å². The summed E-state index contributed by atoms with van der Waals surface area (Å²) in [5.41, 5.74) is 6.80. The molecule has 0 spiro atoms. The maximum absolute atomic E-state index is 13.5. The Bertz CT molecular complexity index is 1440. The second kappa shape index (κ2) is 17.7. The molecule has 2 amide bonds. The van der Waals surface area contributed by atoms with E-state index >= 15 is 0 Å². The van der Waals surface area contributed by atoms with Crippen molar-refractivity contribution in [3.8, 4) is 5.75 Å². The maximum Gasteiger partial charge on any atom is 0.328 e. The Morgan fingerprint density at radius 3 is 2.32 bits per heavy atom. The van der Waals surface area contributed by atoms with Crippen LogP contribution in [0, 0.1) is 17.3 Å². The lowest BCUT2D eigenvalue weighted by Gasteiger charge is -2.26. The van der Waals surface area contributed by atoms with Crippen molar-refractivity contribution in [2.75, 3.05) is 13.7 Å². The molecule has 1 aliphatic rings. The van der Waals surface area contributed by atoms with E-state index in [1.54, 1.807) is 24.3 Å². The molecule has 0 unspecified atom stereocenters. The molecule has 0 aliphatic heterocycles. The van der Waals surface area contributed by atoms with E-state index in [1.165, 1.54) is 13.2 Å². The van der Waals surface area contributed by atoms with E-state index < -0.39 is 41.4 Å². The number of ether oxygens (including phenoxy) is 2. The van der Waals surface area contributed by atoms with Crippen LogP contribution in [0.3, 0.4) is 0 Å². The van der Waals surface area contributed by atoms with Gasteiger partial charge in [0.05, 0.1) is 17.5 Å². The average molecular weight is 668 g/mol. The number of esters is 1. The third-order valence-corrected chi connectivity index (χ3v) is 8.47. The number of benzene rings is 2. The van der Waals surface area contributed by atoms with Crippen LogP contribution in [0.15, 0.2) is 66.8 Å². The van der Waals surface area contributed by atoms with Crippen LogP contribution >= 0.6 is 11.6 Å². The summed E-state index contributed by atoms with van der Waals surface area (Å²) in [6, 6.07) is 12.5. The van der Waals surface area contributed by atoms with Gasteiger partial charge < -0.3 is 30.9 Å². The second-order valence-corrected chi connectivity index (χ2v) is 12.9. The fourth-order valence-corrected chi connectivity index (χ4v) is 5.31. The SMILES string of the molecule is COc1ccc(C[C@@H](NC(=O)C=CC[C@H](OC(=O)[C@H](CC(C)C)NC(=O)C2(CN)CC2)[C@H](C)C=Cc2ccccc2)C(=O)O)cc1Cl. The predicted octanol–water partition coefficient (Wildman–Crippen LogP) is 4.94. The number of hydrogen-bond acceptors (Lipinski definition) is 7. The van der Waals surface area contributed by atoms with Crippen LogP contribution in [0.1, 0.15) is 57.6 Å². The lowest BCUT2D eigenvalue weighted by Crippen LogP contribution is -2.48. The number of nitrogens with one attached hydrogen (secondary N) is 2. The first-order valence-electron chi connectivity index (χ1n) is 15.8. The van der Waals surface area contributed by atoms with Gasteiger partial charge in [-0.15, -0.1) is 0 Å². The Balaban J connectivity index is 1.73. The summed E-state index contributed by atoms with van der Waals surface area (Å²) in [4.78, 5) is 51.2. The number of nitrogens with two attached hydrogens (primary N) is 1. The maximum atomic E-state index is 13.5. The summed E-state index contributed by atoms with van der Waals surface area (Å²) in [6.45, 7) is 6.03. The summed E-state index contributed by atoms with van der Waals surface area (Å²) in [5.74, 6) is -2.33. The Morgan fingerprint density at radius 1 is 1.04 bits per heavy atom. The first kappa shape index (κ1) is 37.3. The molecule has 0 saturated heterocycles. The van der Waals surface area contributed by atoms with Gasteiger partial charge in [0, 0.05) is 25.3 Å². The lowest BCUT2D eigenvalue weighted by molar-refractivity contribution is -0.155. The van der Waals surface area contributed by atoms with Crippen LogP contribution in [-0.4, -0.2) is 60.7 Å². The highest BCUT2D eigenvalue weighted by Crippen LogP contribution is 2.44. The number of amides is 2. The number of halogens is 1. The van der Waals surface area contributed by atoms with E-state index in [-0.39, 0.29) is 37.1 Å². The highest BCUT2D eigenvalue weighted by Gasteiger charge is 2.49. The number of carbonyl (C=O) groups is 4. The molecule has 1 aliphatic carbocycles.